The Balaban J connectivity index is 3.98. The molecular weight excluding hydrogens is 1110 g/mol. The van der Waals surface area contributed by atoms with Crippen molar-refractivity contribution in [3.05, 3.63) is 0 Å². The first-order valence-corrected chi connectivity index (χ1v) is 28.3. The maximum atomic E-state index is 12.5. The van der Waals surface area contributed by atoms with Crippen LogP contribution in [0.3, 0.4) is 0 Å². The van der Waals surface area contributed by atoms with Gasteiger partial charge in [0.25, 0.3) is 0 Å². The van der Waals surface area contributed by atoms with Crippen molar-refractivity contribution in [1.29, 1.82) is 0 Å². The summed E-state index contributed by atoms with van der Waals surface area (Å²) in [6.45, 7) is 10.7. The number of carbonyl (C=O) groups is 11. The summed E-state index contributed by atoms with van der Waals surface area (Å²) in [5, 5.41) is 44.0. The topological polar surface area (TPSA) is 482 Å². The smallest absolute Gasteiger partial charge is 0.245 e. The normalized spacial score (nSPS) is 13.7. The molecule has 0 unspecified atom stereocenters. The van der Waals surface area contributed by atoms with Crippen molar-refractivity contribution >= 4 is 65.0 Å². The molecule has 0 aromatic rings. The van der Waals surface area contributed by atoms with Crippen LogP contribution in [0.1, 0.15) is 86.5 Å². The molecule has 0 heterocycles. The number of hydrogen-bond donors (Lipinski definition) is 15. The van der Waals surface area contributed by atoms with Crippen molar-refractivity contribution in [2.45, 2.75) is 129 Å². The predicted molar refractivity (Wildman–Crippen MR) is 302 cm³/mol. The van der Waals surface area contributed by atoms with Gasteiger partial charge in [0.05, 0.1) is 118 Å². The second-order valence-corrected chi connectivity index (χ2v) is 20.1. The molecule has 484 valence electrons. The highest BCUT2D eigenvalue weighted by atomic mass is 16.5. The van der Waals surface area contributed by atoms with Gasteiger partial charge in [-0.1, -0.05) is 27.7 Å². The Morgan fingerprint density at radius 3 is 1.12 bits per heavy atom. The Morgan fingerprint density at radius 2 is 0.750 bits per heavy atom. The molecule has 18 N–H and O–H groups in total. The molecule has 0 aliphatic carbocycles. The highest BCUT2D eigenvalue weighted by Crippen LogP contribution is 2.04. The molecule has 11 amide bonds. The Hall–Kier alpha value is -6.23. The van der Waals surface area contributed by atoms with Gasteiger partial charge in [0.1, 0.15) is 30.2 Å². The molecule has 0 aliphatic rings. The summed E-state index contributed by atoms with van der Waals surface area (Å²) < 4.78 is 32.5. The molecule has 0 aromatic heterocycles. The second-order valence-electron chi connectivity index (χ2n) is 20.1. The van der Waals surface area contributed by atoms with E-state index in [9.17, 15) is 63.0 Å². The van der Waals surface area contributed by atoms with Gasteiger partial charge in [-0.25, -0.2) is 0 Å². The minimum absolute atomic E-state index is 0.0274. The number of aliphatic hydroxyl groups excluding tert-OH is 2. The number of unbranched alkanes of at least 4 members (excludes halogenated alkanes) is 1. The van der Waals surface area contributed by atoms with Crippen LogP contribution in [-0.2, 0) is 81.2 Å². The van der Waals surface area contributed by atoms with Gasteiger partial charge in [0.2, 0.25) is 65.0 Å². The number of ether oxygens (including phenoxy) is 6. The van der Waals surface area contributed by atoms with Crippen molar-refractivity contribution < 1.29 is 91.4 Å². The molecule has 84 heavy (non-hydrogen) atoms. The lowest BCUT2D eigenvalue weighted by Crippen LogP contribution is -2.55. The third-order valence-electron chi connectivity index (χ3n) is 11.6. The summed E-state index contributed by atoms with van der Waals surface area (Å²) in [6.07, 6.45) is 2.25. The van der Waals surface area contributed by atoms with Gasteiger partial charge >= 0.3 is 0 Å². The molecule has 0 bridgehead atoms. The fourth-order valence-electron chi connectivity index (χ4n) is 7.02. The molecule has 0 fully saturated rings. The first-order chi connectivity index (χ1) is 39.9. The lowest BCUT2D eigenvalue weighted by Gasteiger charge is -2.20. The average Bonchev–Trinajstić information content (AvgIpc) is 3.47. The number of nitrogens with one attached hydrogen (secondary N) is 10. The van der Waals surface area contributed by atoms with Gasteiger partial charge in [-0.15, -0.1) is 0 Å². The second kappa shape index (κ2) is 48.1. The van der Waals surface area contributed by atoms with Crippen LogP contribution in [0.4, 0.5) is 0 Å². The van der Waals surface area contributed by atoms with Crippen LogP contribution in [0.25, 0.3) is 0 Å². The Kier molecular flexibility index (Phi) is 44.5. The van der Waals surface area contributed by atoms with Crippen LogP contribution in [0.15, 0.2) is 0 Å². The van der Waals surface area contributed by atoms with E-state index >= 15 is 0 Å². The van der Waals surface area contributed by atoms with Gasteiger partial charge in [-0.3, -0.25) is 52.7 Å². The van der Waals surface area contributed by atoms with Gasteiger partial charge in [0, 0.05) is 32.5 Å². The largest absolute Gasteiger partial charge is 0.394 e. The monoisotopic (exact) mass is 1210 g/mol. The van der Waals surface area contributed by atoms with Crippen LogP contribution >= 0.6 is 0 Å². The number of hydrogen-bond acceptors (Lipinski definition) is 21. The SMILES string of the molecule is CC(C)C[C@@H](N)C(=O)NCC(=O)N[C@H](C)C(=O)N[C@H](CO)C(=O)NCCOCCOCCOCCC(=O)NCCCC[C@H](NC(=O)CCOCCOCCOCCNC(=O)[C@@H](CO)NC(=O)[C@@H](C)NC(=O)CNC(=O)[C@H](N)CC(C)C)C(N)=O. The molecule has 0 rings (SSSR count). The van der Waals surface area contributed by atoms with E-state index in [0.717, 1.165) is 0 Å². The number of amides is 11. The molecule has 7 atom stereocenters. The van der Waals surface area contributed by atoms with Crippen molar-refractivity contribution in [1.82, 2.24) is 53.2 Å². The third-order valence-corrected chi connectivity index (χ3v) is 11.6. The third kappa shape index (κ3) is 40.9. The zero-order valence-corrected chi connectivity index (χ0v) is 49.6. The molecule has 0 spiro atoms. The van der Waals surface area contributed by atoms with E-state index in [1.165, 1.54) is 13.8 Å². The maximum absolute atomic E-state index is 12.5. The Bertz CT molecular complexity index is 1970. The fraction of sp³-hybridized carbons (Fsp3) is 0.788. The van der Waals surface area contributed by atoms with Crippen LogP contribution in [-0.4, -0.2) is 243 Å². The van der Waals surface area contributed by atoms with E-state index in [-0.39, 0.29) is 129 Å². The number of primary amides is 1. The number of aliphatic hydroxyl groups is 2. The summed E-state index contributed by atoms with van der Waals surface area (Å²) in [5.41, 5.74) is 17.1. The molecule has 0 aliphatic heterocycles. The summed E-state index contributed by atoms with van der Waals surface area (Å²) in [6, 6.07) is -7.18. The van der Waals surface area contributed by atoms with Gasteiger partial charge < -0.3 is 109 Å². The van der Waals surface area contributed by atoms with Crippen LogP contribution in [0.2, 0.25) is 0 Å². The Morgan fingerprint density at radius 1 is 0.381 bits per heavy atom. The van der Waals surface area contributed by atoms with Gasteiger partial charge in [-0.05, 0) is 57.8 Å². The molecule has 32 nitrogen and oxygen atoms in total. The molecule has 32 heteroatoms. The van der Waals surface area contributed by atoms with Crippen molar-refractivity contribution in [2.75, 3.05) is 125 Å². The molecule has 0 saturated carbocycles. The summed E-state index contributed by atoms with van der Waals surface area (Å²) in [7, 11) is 0. The maximum Gasteiger partial charge on any atom is 0.245 e. The minimum Gasteiger partial charge on any atom is -0.394 e. The van der Waals surface area contributed by atoms with Gasteiger partial charge in [-0.2, -0.15) is 0 Å². The molecule has 0 aromatic carbocycles. The van der Waals surface area contributed by atoms with Crippen molar-refractivity contribution in [3.63, 3.8) is 0 Å². The number of nitrogens with two attached hydrogens (primary N) is 3. The van der Waals surface area contributed by atoms with E-state index < -0.39 is 128 Å². The minimum atomic E-state index is -1.29. The van der Waals surface area contributed by atoms with Crippen LogP contribution in [0.5, 0.6) is 0 Å². The molecular formula is C52H97N13O19. The zero-order chi connectivity index (χ0) is 63.2. The average molecular weight is 1210 g/mol. The van der Waals surface area contributed by atoms with E-state index in [1.807, 2.05) is 27.7 Å². The summed E-state index contributed by atoms with van der Waals surface area (Å²) in [5.74, 6) is -6.07. The zero-order valence-electron chi connectivity index (χ0n) is 49.6. The number of carbonyl (C=O) groups excluding carboxylic acids is 11. The van der Waals surface area contributed by atoms with E-state index in [2.05, 4.69) is 53.2 Å². The highest BCUT2D eigenvalue weighted by Gasteiger charge is 2.26. The quantitative estimate of drug-likeness (QED) is 0.0252. The fourth-order valence-corrected chi connectivity index (χ4v) is 7.02. The first kappa shape index (κ1) is 77.8. The van der Waals surface area contributed by atoms with Crippen LogP contribution in [0, 0.1) is 11.8 Å². The first-order valence-electron chi connectivity index (χ1n) is 28.3. The predicted octanol–water partition coefficient (Wildman–Crippen LogP) is -6.70. The van der Waals surface area contributed by atoms with Crippen molar-refractivity contribution in [2.24, 2.45) is 29.0 Å². The number of rotatable bonds is 51. The van der Waals surface area contributed by atoms with Crippen molar-refractivity contribution in [3.8, 4) is 0 Å². The van der Waals surface area contributed by atoms with Crippen LogP contribution < -0.4 is 70.4 Å². The molecule has 0 radical (unpaired) electrons. The van der Waals surface area contributed by atoms with E-state index in [1.54, 1.807) is 0 Å². The lowest BCUT2D eigenvalue weighted by molar-refractivity contribution is -0.132. The van der Waals surface area contributed by atoms with E-state index in [4.69, 9.17) is 45.6 Å². The summed E-state index contributed by atoms with van der Waals surface area (Å²) in [4.78, 5) is 135. The summed E-state index contributed by atoms with van der Waals surface area (Å²) >= 11 is 0. The Labute approximate surface area is 491 Å². The molecule has 0 saturated heterocycles. The standard InChI is InChI=1S/C52H97N13O19/c1-33(2)27-37(53)49(75)59-29-44(70)61-35(5)47(73)64-40(31-66)51(77)57-13-17-81-21-25-83-23-19-79-15-10-42(68)56-12-8-7-9-39(46(55)72)63-43(69)11-16-80-20-24-84-26-22-82-18-14-58-52(78)41(32-67)65-48(74)36(6)62-45(71)30-60-50(76)38(54)28-34(3)4/h33-41,66-67H,7-32,53-54H2,1-6H3,(H2,55,72)(H,56,68)(H,57,77)(H,58,78)(H,59,75)(H,60,76)(H,61,70)(H,62,71)(H,63,69)(H,64,73)(H,65,74)/t35-,36-,37-,38-,39+,40-,41-/m1/s1. The van der Waals surface area contributed by atoms with Gasteiger partial charge in [0.15, 0.2) is 0 Å². The highest BCUT2D eigenvalue weighted by molar-refractivity contribution is 5.94. The lowest BCUT2D eigenvalue weighted by atomic mass is 10.0. The van der Waals surface area contributed by atoms with E-state index in [0.29, 0.717) is 32.2 Å².